The highest BCUT2D eigenvalue weighted by Crippen LogP contribution is 2.40. The summed E-state index contributed by atoms with van der Waals surface area (Å²) in [6, 6.07) is 17.2. The summed E-state index contributed by atoms with van der Waals surface area (Å²) in [4.78, 5) is 14.5. The molecule has 5 unspecified atom stereocenters. The average Bonchev–Trinajstić information content (AvgIpc) is 3.91. The van der Waals surface area contributed by atoms with Crippen LogP contribution in [0.1, 0.15) is 160 Å². The molecule has 3 fully saturated rings. The number of nitrogens with zero attached hydrogens (tertiary/aromatic N) is 2. The Morgan fingerprint density at radius 1 is 0.712 bits per heavy atom. The maximum Gasteiger partial charge on any atom is 0.163 e. The van der Waals surface area contributed by atoms with Gasteiger partial charge in [0, 0.05) is 23.8 Å². The number of carbonyl (C=O) groups is 1. The van der Waals surface area contributed by atoms with Crippen molar-refractivity contribution in [2.24, 2.45) is 4.99 Å². The first-order chi connectivity index (χ1) is 28.1. The Balaban J connectivity index is -0.000000713. The van der Waals surface area contributed by atoms with Gasteiger partial charge in [0.15, 0.2) is 23.6 Å². The minimum Gasteiger partial charge on any atom is -0.348 e. The first kappa shape index (κ1) is 61.7. The SMILES string of the molecule is CC.CC.CC.CC.CC1(C)OCC(C2c3ccccc3CCN2P)O1.CC1(C)OCC(C=NCCc2ccccc2Br)O1.CC1(C)OCC(C=O)O1.CCC.CCC. The lowest BCUT2D eigenvalue weighted by Gasteiger charge is -2.37. The summed E-state index contributed by atoms with van der Waals surface area (Å²) in [7, 11) is 2.84. The summed E-state index contributed by atoms with van der Waals surface area (Å²) < 4.78 is 36.5. The molecule has 5 atom stereocenters. The average molecular weight is 916 g/mol. The molecule has 0 spiro atoms. The first-order valence-corrected chi connectivity index (χ1v) is 23.6. The molecule has 0 amide bonds. The number of carbonyl (C=O) groups excluding carboxylic acids is 1. The van der Waals surface area contributed by atoms with Crippen LogP contribution in [0.25, 0.3) is 0 Å². The van der Waals surface area contributed by atoms with Gasteiger partial charge in [-0.3, -0.25) is 9.66 Å². The molecule has 0 saturated carbocycles. The standard InChI is InChI=1S/C14H18BrNO2.C14H20NO2P.C6H10O3.2C3H8.4C2H6/c1-14(2)17-10-12(18-14)9-16-8-7-11-5-3-4-6-13(11)15;1-14(2)16-9-12(17-14)13-11-6-4-3-5-10(11)7-8-15(13)18;1-6(2)8-4-5(3-7)9-6;2*1-3-2;4*1-2/h3-6,9,12H,7-8,10H2,1-2H3;3-6,12-13H,7-9,18H2,1-2H3;3,5H,4H2,1-2H3;2*3H2,1-2H3;4*1-2H3. The van der Waals surface area contributed by atoms with Crippen LogP contribution in [-0.2, 0) is 46.1 Å². The first-order valence-electron chi connectivity index (χ1n) is 22.3. The molecule has 4 aliphatic rings. The normalized spacial score (nSPS) is 22.4. The van der Waals surface area contributed by atoms with Crippen LogP contribution in [0.4, 0.5) is 0 Å². The van der Waals surface area contributed by atoms with E-state index in [4.69, 9.17) is 28.4 Å². The second-order valence-electron chi connectivity index (χ2n) is 14.2. The van der Waals surface area contributed by atoms with E-state index in [1.807, 2.05) is 101 Å². The van der Waals surface area contributed by atoms with Crippen LogP contribution >= 0.6 is 25.3 Å². The van der Waals surface area contributed by atoms with E-state index in [2.05, 4.69) is 99.1 Å². The minimum atomic E-state index is -0.564. The van der Waals surface area contributed by atoms with Crippen LogP contribution in [0, 0.1) is 0 Å². The van der Waals surface area contributed by atoms with E-state index in [1.165, 1.54) is 29.5 Å². The lowest BCUT2D eigenvalue weighted by Crippen LogP contribution is -2.37. The van der Waals surface area contributed by atoms with Gasteiger partial charge in [0.05, 0.1) is 25.9 Å². The van der Waals surface area contributed by atoms with Crippen LogP contribution in [0.3, 0.4) is 0 Å². The van der Waals surface area contributed by atoms with Crippen molar-refractivity contribution in [3.63, 3.8) is 0 Å². The largest absolute Gasteiger partial charge is 0.348 e. The Bertz CT molecular complexity index is 1330. The third-order valence-corrected chi connectivity index (χ3v) is 9.06. The number of fused-ring (bicyclic) bond motifs is 1. The van der Waals surface area contributed by atoms with Crippen LogP contribution in [0.2, 0.25) is 0 Å². The van der Waals surface area contributed by atoms with E-state index < -0.39 is 17.4 Å². The third-order valence-electron chi connectivity index (χ3n) is 7.71. The van der Waals surface area contributed by atoms with Crippen molar-refractivity contribution < 1.29 is 33.2 Å². The number of ether oxygens (including phenoxy) is 6. The molecule has 4 heterocycles. The molecule has 0 N–H and O–H groups in total. The molecule has 3 saturated heterocycles. The number of benzene rings is 2. The number of halogens is 1. The summed E-state index contributed by atoms with van der Waals surface area (Å²) in [5.41, 5.74) is 4.10. The van der Waals surface area contributed by atoms with Gasteiger partial charge in [0.1, 0.15) is 18.3 Å². The summed E-state index contributed by atoms with van der Waals surface area (Å²) in [6.07, 6.45) is 6.88. The molecule has 9 nitrogen and oxygen atoms in total. The molecule has 59 heavy (non-hydrogen) atoms. The Labute approximate surface area is 373 Å². The summed E-state index contributed by atoms with van der Waals surface area (Å²) in [5.74, 6) is -1.49. The van der Waals surface area contributed by atoms with E-state index in [1.54, 1.807) is 13.8 Å². The summed E-state index contributed by atoms with van der Waals surface area (Å²) in [6.45, 7) is 39.3. The zero-order valence-electron chi connectivity index (χ0n) is 40.7. The zero-order chi connectivity index (χ0) is 46.1. The third kappa shape index (κ3) is 26.5. The van der Waals surface area contributed by atoms with Gasteiger partial charge < -0.3 is 33.2 Å². The summed E-state index contributed by atoms with van der Waals surface area (Å²) >= 11 is 3.53. The molecule has 344 valence electrons. The van der Waals surface area contributed by atoms with Gasteiger partial charge in [-0.2, -0.15) is 0 Å². The maximum atomic E-state index is 10.1. The highest BCUT2D eigenvalue weighted by molar-refractivity contribution is 9.10. The van der Waals surface area contributed by atoms with E-state index in [9.17, 15) is 4.79 Å². The van der Waals surface area contributed by atoms with Gasteiger partial charge in [-0.1, -0.05) is 164 Å². The van der Waals surface area contributed by atoms with Crippen molar-refractivity contribution >= 4 is 37.8 Å². The Morgan fingerprint density at radius 3 is 1.61 bits per heavy atom. The van der Waals surface area contributed by atoms with E-state index in [0.29, 0.717) is 19.8 Å². The smallest absolute Gasteiger partial charge is 0.163 e. The molecule has 2 aromatic carbocycles. The Morgan fingerprint density at radius 2 is 1.17 bits per heavy atom. The van der Waals surface area contributed by atoms with Gasteiger partial charge in [-0.05, 0) is 77.1 Å². The Hall–Kier alpha value is -1.59. The lowest BCUT2D eigenvalue weighted by molar-refractivity contribution is -0.145. The predicted octanol–water partition coefficient (Wildman–Crippen LogP) is 13.0. The van der Waals surface area contributed by atoms with Crippen molar-refractivity contribution in [1.82, 2.24) is 4.67 Å². The highest BCUT2D eigenvalue weighted by Gasteiger charge is 2.41. The number of aldehydes is 1. The molecule has 2 aromatic rings. The fraction of sp³-hybridized carbons (Fsp3) is 0.708. The maximum absolute atomic E-state index is 10.1. The van der Waals surface area contributed by atoms with Gasteiger partial charge in [0.25, 0.3) is 0 Å². The van der Waals surface area contributed by atoms with E-state index >= 15 is 0 Å². The monoisotopic (exact) mass is 915 g/mol. The number of aliphatic imine (C=N–C) groups is 1. The van der Waals surface area contributed by atoms with Crippen LogP contribution in [0.5, 0.6) is 0 Å². The van der Waals surface area contributed by atoms with Crippen LogP contribution in [0.15, 0.2) is 58.0 Å². The molecule has 6 rings (SSSR count). The Kier molecular flexibility index (Phi) is 37.6. The lowest BCUT2D eigenvalue weighted by atomic mass is 9.91. The second kappa shape index (κ2) is 35.9. The fourth-order valence-corrected chi connectivity index (χ4v) is 6.52. The topological polar surface area (TPSA) is 88.1 Å². The fourth-order valence-electron chi connectivity index (χ4n) is 5.55. The van der Waals surface area contributed by atoms with Crippen molar-refractivity contribution in [1.29, 1.82) is 0 Å². The molecule has 0 aliphatic carbocycles. The van der Waals surface area contributed by atoms with Crippen LogP contribution < -0.4 is 0 Å². The zero-order valence-corrected chi connectivity index (χ0v) is 43.4. The number of rotatable bonds is 6. The van der Waals surface area contributed by atoms with Crippen molar-refractivity contribution in [2.45, 2.75) is 192 Å². The van der Waals surface area contributed by atoms with E-state index in [0.717, 1.165) is 36.7 Å². The molecular formula is C48H88BrN2O7P. The van der Waals surface area contributed by atoms with Gasteiger partial charge in [-0.15, -0.1) is 0 Å². The molecule has 0 bridgehead atoms. The summed E-state index contributed by atoms with van der Waals surface area (Å²) in [5, 5.41) is 0. The van der Waals surface area contributed by atoms with Crippen LogP contribution in [-0.4, -0.2) is 85.8 Å². The number of hydrogen-bond donors (Lipinski definition) is 0. The van der Waals surface area contributed by atoms with E-state index in [-0.39, 0.29) is 24.4 Å². The molecule has 0 aromatic heterocycles. The van der Waals surface area contributed by atoms with Gasteiger partial charge in [-0.25, -0.2) is 0 Å². The van der Waals surface area contributed by atoms with Gasteiger partial charge in [0.2, 0.25) is 0 Å². The predicted molar refractivity (Wildman–Crippen MR) is 259 cm³/mol. The molecule has 4 aliphatic heterocycles. The molecular weight excluding hydrogens is 827 g/mol. The second-order valence-corrected chi connectivity index (χ2v) is 15.7. The van der Waals surface area contributed by atoms with Crippen molar-refractivity contribution in [2.75, 3.05) is 32.9 Å². The van der Waals surface area contributed by atoms with Crippen molar-refractivity contribution in [3.05, 3.63) is 69.7 Å². The van der Waals surface area contributed by atoms with Gasteiger partial charge >= 0.3 is 0 Å². The molecule has 0 radical (unpaired) electrons. The highest BCUT2D eigenvalue weighted by atomic mass is 79.9. The molecule has 11 heteroatoms. The number of hydrogen-bond acceptors (Lipinski definition) is 9. The minimum absolute atomic E-state index is 0.0146. The van der Waals surface area contributed by atoms with Crippen molar-refractivity contribution in [3.8, 4) is 0 Å². The quantitative estimate of drug-likeness (QED) is 0.161.